The van der Waals surface area contributed by atoms with Gasteiger partial charge < -0.3 is 5.73 Å². The van der Waals surface area contributed by atoms with E-state index in [-0.39, 0.29) is 0 Å². The summed E-state index contributed by atoms with van der Waals surface area (Å²) >= 11 is 0. The number of fused-ring (bicyclic) bond motifs is 1. The molecule has 1 heteroatoms. The highest BCUT2D eigenvalue weighted by Crippen LogP contribution is 2.35. The SMILES string of the molecule is C[C@H](N)CC1CCc2ccccc21. The second-order valence-corrected chi connectivity index (χ2v) is 4.15. The van der Waals surface area contributed by atoms with Crippen LogP contribution in [0.2, 0.25) is 0 Å². The minimum atomic E-state index is 0.330. The number of aryl methyl sites for hydroxylation is 1. The number of hydrogen-bond donors (Lipinski definition) is 1. The Morgan fingerprint density at radius 3 is 3.00 bits per heavy atom. The molecule has 1 aliphatic rings. The van der Waals surface area contributed by atoms with Crippen LogP contribution in [0.15, 0.2) is 24.3 Å². The zero-order chi connectivity index (χ0) is 9.26. The van der Waals surface area contributed by atoms with Gasteiger partial charge in [-0.15, -0.1) is 0 Å². The number of hydrogen-bond acceptors (Lipinski definition) is 1. The molecule has 1 nitrogen and oxygen atoms in total. The van der Waals surface area contributed by atoms with Crippen LogP contribution in [0, 0.1) is 0 Å². The molecule has 1 aromatic rings. The normalized spacial score (nSPS) is 22.8. The summed E-state index contributed by atoms with van der Waals surface area (Å²) in [5.74, 6) is 0.719. The van der Waals surface area contributed by atoms with Crippen molar-refractivity contribution in [3.8, 4) is 0 Å². The molecule has 70 valence electrons. The van der Waals surface area contributed by atoms with Crippen molar-refractivity contribution in [1.29, 1.82) is 0 Å². The van der Waals surface area contributed by atoms with Gasteiger partial charge in [0.25, 0.3) is 0 Å². The summed E-state index contributed by atoms with van der Waals surface area (Å²) in [7, 11) is 0. The molecular formula is C12H17N. The monoisotopic (exact) mass is 175 g/mol. The van der Waals surface area contributed by atoms with E-state index in [0.717, 1.165) is 12.3 Å². The molecular weight excluding hydrogens is 158 g/mol. The second kappa shape index (κ2) is 3.51. The standard InChI is InChI=1S/C12H17N/c1-9(13)8-11-7-6-10-4-2-3-5-12(10)11/h2-5,9,11H,6-8,13H2,1H3/t9-,11?/m0/s1. The van der Waals surface area contributed by atoms with E-state index in [1.54, 1.807) is 5.56 Å². The van der Waals surface area contributed by atoms with Crippen molar-refractivity contribution in [2.45, 2.75) is 38.1 Å². The van der Waals surface area contributed by atoms with Gasteiger partial charge in [0, 0.05) is 6.04 Å². The first kappa shape index (κ1) is 8.76. The molecule has 13 heavy (non-hydrogen) atoms. The summed E-state index contributed by atoms with van der Waals surface area (Å²) < 4.78 is 0. The third-order valence-corrected chi connectivity index (χ3v) is 2.91. The second-order valence-electron chi connectivity index (χ2n) is 4.15. The van der Waals surface area contributed by atoms with E-state index in [1.165, 1.54) is 18.4 Å². The van der Waals surface area contributed by atoms with Crippen LogP contribution in [-0.4, -0.2) is 6.04 Å². The predicted molar refractivity (Wildman–Crippen MR) is 55.8 cm³/mol. The molecule has 0 bridgehead atoms. The van der Waals surface area contributed by atoms with Crippen LogP contribution in [0.5, 0.6) is 0 Å². The molecule has 1 aromatic carbocycles. The molecule has 2 N–H and O–H groups in total. The lowest BCUT2D eigenvalue weighted by Crippen LogP contribution is -2.17. The summed E-state index contributed by atoms with van der Waals surface area (Å²) in [5.41, 5.74) is 8.91. The van der Waals surface area contributed by atoms with Gasteiger partial charge in [0.1, 0.15) is 0 Å². The van der Waals surface area contributed by atoms with Crippen molar-refractivity contribution >= 4 is 0 Å². The first-order valence-corrected chi connectivity index (χ1v) is 5.11. The van der Waals surface area contributed by atoms with Gasteiger partial charge >= 0.3 is 0 Å². The lowest BCUT2D eigenvalue weighted by Gasteiger charge is -2.13. The maximum Gasteiger partial charge on any atom is 0.00163 e. The fourth-order valence-electron chi connectivity index (χ4n) is 2.34. The van der Waals surface area contributed by atoms with Crippen LogP contribution >= 0.6 is 0 Å². The van der Waals surface area contributed by atoms with Crippen LogP contribution in [0.25, 0.3) is 0 Å². The van der Waals surface area contributed by atoms with Crippen molar-refractivity contribution in [2.75, 3.05) is 0 Å². The maximum atomic E-state index is 5.83. The quantitative estimate of drug-likeness (QED) is 0.734. The molecule has 2 rings (SSSR count). The molecule has 1 aliphatic carbocycles. The molecule has 0 saturated carbocycles. The van der Waals surface area contributed by atoms with Crippen molar-refractivity contribution < 1.29 is 0 Å². The zero-order valence-electron chi connectivity index (χ0n) is 8.16. The van der Waals surface area contributed by atoms with Crippen LogP contribution in [0.4, 0.5) is 0 Å². The number of benzene rings is 1. The lowest BCUT2D eigenvalue weighted by molar-refractivity contribution is 0.550. The first-order chi connectivity index (χ1) is 6.27. The molecule has 0 aromatic heterocycles. The molecule has 0 amide bonds. The highest BCUT2D eigenvalue weighted by Gasteiger charge is 2.22. The molecule has 0 fully saturated rings. The smallest absolute Gasteiger partial charge is 0.00163 e. The van der Waals surface area contributed by atoms with E-state index < -0.39 is 0 Å². The molecule has 0 aliphatic heterocycles. The maximum absolute atomic E-state index is 5.83. The summed E-state index contributed by atoms with van der Waals surface area (Å²) in [5, 5.41) is 0. The minimum absolute atomic E-state index is 0.330. The van der Waals surface area contributed by atoms with Crippen LogP contribution in [-0.2, 0) is 6.42 Å². The summed E-state index contributed by atoms with van der Waals surface area (Å²) in [6.07, 6.45) is 3.67. The Morgan fingerprint density at radius 1 is 1.46 bits per heavy atom. The van der Waals surface area contributed by atoms with Crippen LogP contribution in [0.1, 0.15) is 36.8 Å². The average molecular weight is 175 g/mol. The van der Waals surface area contributed by atoms with Crippen molar-refractivity contribution in [2.24, 2.45) is 5.73 Å². The Balaban J connectivity index is 2.18. The van der Waals surface area contributed by atoms with E-state index >= 15 is 0 Å². The Hall–Kier alpha value is -0.820. The van der Waals surface area contributed by atoms with E-state index in [4.69, 9.17) is 5.73 Å². The van der Waals surface area contributed by atoms with Gasteiger partial charge in [-0.2, -0.15) is 0 Å². The highest BCUT2D eigenvalue weighted by molar-refractivity contribution is 5.34. The van der Waals surface area contributed by atoms with Gasteiger partial charge in [-0.3, -0.25) is 0 Å². The van der Waals surface area contributed by atoms with E-state index in [9.17, 15) is 0 Å². The number of nitrogens with two attached hydrogens (primary N) is 1. The molecule has 0 saturated heterocycles. The topological polar surface area (TPSA) is 26.0 Å². The van der Waals surface area contributed by atoms with E-state index in [2.05, 4.69) is 31.2 Å². The Labute approximate surface area is 80.0 Å². The van der Waals surface area contributed by atoms with Gasteiger partial charge in [-0.25, -0.2) is 0 Å². The Bertz CT molecular complexity index is 291. The fourth-order valence-corrected chi connectivity index (χ4v) is 2.34. The summed E-state index contributed by atoms with van der Waals surface area (Å²) in [6.45, 7) is 2.10. The largest absolute Gasteiger partial charge is 0.328 e. The zero-order valence-corrected chi connectivity index (χ0v) is 8.16. The molecule has 2 atom stereocenters. The Kier molecular flexibility index (Phi) is 2.36. The van der Waals surface area contributed by atoms with Crippen LogP contribution < -0.4 is 5.73 Å². The average Bonchev–Trinajstić information content (AvgIpc) is 2.48. The lowest BCUT2D eigenvalue weighted by atomic mass is 9.95. The van der Waals surface area contributed by atoms with Gasteiger partial charge in [-0.1, -0.05) is 24.3 Å². The number of rotatable bonds is 2. The minimum Gasteiger partial charge on any atom is -0.328 e. The molecule has 0 heterocycles. The Morgan fingerprint density at radius 2 is 2.23 bits per heavy atom. The summed E-state index contributed by atoms with van der Waals surface area (Å²) in [6, 6.07) is 9.10. The van der Waals surface area contributed by atoms with Crippen LogP contribution in [0.3, 0.4) is 0 Å². The van der Waals surface area contributed by atoms with Gasteiger partial charge in [-0.05, 0) is 43.2 Å². The summed E-state index contributed by atoms with van der Waals surface area (Å²) in [4.78, 5) is 0. The third-order valence-electron chi connectivity index (χ3n) is 2.91. The molecule has 0 spiro atoms. The van der Waals surface area contributed by atoms with E-state index in [0.29, 0.717) is 6.04 Å². The van der Waals surface area contributed by atoms with Crippen molar-refractivity contribution in [3.05, 3.63) is 35.4 Å². The van der Waals surface area contributed by atoms with E-state index in [1.807, 2.05) is 0 Å². The predicted octanol–water partition coefficient (Wildman–Crippen LogP) is 2.45. The van der Waals surface area contributed by atoms with Gasteiger partial charge in [0.2, 0.25) is 0 Å². The van der Waals surface area contributed by atoms with Gasteiger partial charge in [0.05, 0.1) is 0 Å². The third kappa shape index (κ3) is 1.75. The molecule has 0 radical (unpaired) electrons. The van der Waals surface area contributed by atoms with Gasteiger partial charge in [0.15, 0.2) is 0 Å². The molecule has 1 unspecified atom stereocenters. The van der Waals surface area contributed by atoms with Crippen molar-refractivity contribution in [1.82, 2.24) is 0 Å². The fraction of sp³-hybridized carbons (Fsp3) is 0.500. The highest BCUT2D eigenvalue weighted by atomic mass is 14.6. The first-order valence-electron chi connectivity index (χ1n) is 5.11. The van der Waals surface area contributed by atoms with Crippen molar-refractivity contribution in [3.63, 3.8) is 0 Å².